The Morgan fingerprint density at radius 2 is 1.92 bits per heavy atom. The SMILES string of the molecule is Nc1cccc(N)c1C1CCOC1. The quantitative estimate of drug-likeness (QED) is 0.638. The number of rotatable bonds is 1. The standard InChI is InChI=1S/C10H14N2O/c11-8-2-1-3-9(12)10(8)7-4-5-13-6-7/h1-3,7H,4-6,11-12H2. The van der Waals surface area contributed by atoms with Crippen molar-refractivity contribution in [3.63, 3.8) is 0 Å². The van der Waals surface area contributed by atoms with Crippen LogP contribution >= 0.6 is 0 Å². The maximum atomic E-state index is 5.87. The van der Waals surface area contributed by atoms with Crippen molar-refractivity contribution < 1.29 is 4.74 Å². The van der Waals surface area contributed by atoms with Crippen molar-refractivity contribution in [1.29, 1.82) is 0 Å². The zero-order valence-corrected chi connectivity index (χ0v) is 7.49. The third-order valence-electron chi connectivity index (χ3n) is 2.51. The van der Waals surface area contributed by atoms with Gasteiger partial charge in [-0.1, -0.05) is 6.07 Å². The monoisotopic (exact) mass is 178 g/mol. The van der Waals surface area contributed by atoms with Crippen LogP contribution in [0.4, 0.5) is 11.4 Å². The molecule has 0 saturated carbocycles. The van der Waals surface area contributed by atoms with Gasteiger partial charge in [0.15, 0.2) is 0 Å². The van der Waals surface area contributed by atoms with Gasteiger partial charge in [0.05, 0.1) is 6.61 Å². The lowest BCUT2D eigenvalue weighted by atomic mass is 9.95. The molecule has 1 aromatic rings. The molecule has 1 aliphatic rings. The molecule has 1 aromatic carbocycles. The second-order valence-corrected chi connectivity index (χ2v) is 3.41. The summed E-state index contributed by atoms with van der Waals surface area (Å²) in [5.74, 6) is 0.390. The van der Waals surface area contributed by atoms with Crippen molar-refractivity contribution in [3.05, 3.63) is 23.8 Å². The molecule has 2 rings (SSSR count). The topological polar surface area (TPSA) is 61.3 Å². The summed E-state index contributed by atoms with van der Waals surface area (Å²) >= 11 is 0. The summed E-state index contributed by atoms with van der Waals surface area (Å²) in [6, 6.07) is 5.66. The van der Waals surface area contributed by atoms with Crippen molar-refractivity contribution in [2.45, 2.75) is 12.3 Å². The fourth-order valence-electron chi connectivity index (χ4n) is 1.84. The van der Waals surface area contributed by atoms with Crippen LogP contribution in [0.3, 0.4) is 0 Å². The molecule has 70 valence electrons. The smallest absolute Gasteiger partial charge is 0.0537 e. The number of anilines is 2. The minimum absolute atomic E-state index is 0.390. The first-order chi connectivity index (χ1) is 6.29. The molecule has 13 heavy (non-hydrogen) atoms. The Morgan fingerprint density at radius 3 is 2.46 bits per heavy atom. The Kier molecular flexibility index (Phi) is 2.10. The first-order valence-corrected chi connectivity index (χ1v) is 4.50. The third-order valence-corrected chi connectivity index (χ3v) is 2.51. The van der Waals surface area contributed by atoms with Crippen molar-refractivity contribution in [1.82, 2.24) is 0 Å². The Labute approximate surface area is 77.7 Å². The average molecular weight is 178 g/mol. The van der Waals surface area contributed by atoms with Crippen LogP contribution in [0.2, 0.25) is 0 Å². The van der Waals surface area contributed by atoms with Gasteiger partial charge in [0.1, 0.15) is 0 Å². The van der Waals surface area contributed by atoms with Crippen LogP contribution in [0, 0.1) is 0 Å². The van der Waals surface area contributed by atoms with Crippen LogP contribution in [0.25, 0.3) is 0 Å². The van der Waals surface area contributed by atoms with E-state index in [1.807, 2.05) is 18.2 Å². The number of nitrogens with two attached hydrogens (primary N) is 2. The zero-order valence-electron chi connectivity index (χ0n) is 7.49. The van der Waals surface area contributed by atoms with Gasteiger partial charge in [0.25, 0.3) is 0 Å². The van der Waals surface area contributed by atoms with Crippen molar-refractivity contribution in [3.8, 4) is 0 Å². The Hall–Kier alpha value is -1.22. The molecule has 0 aromatic heterocycles. The van der Waals surface area contributed by atoms with Gasteiger partial charge in [0.2, 0.25) is 0 Å². The zero-order chi connectivity index (χ0) is 9.26. The molecule has 0 amide bonds. The molecule has 1 atom stereocenters. The van der Waals surface area contributed by atoms with E-state index in [1.54, 1.807) is 0 Å². The van der Waals surface area contributed by atoms with E-state index in [0.29, 0.717) is 5.92 Å². The van der Waals surface area contributed by atoms with Gasteiger partial charge in [-0.3, -0.25) is 0 Å². The van der Waals surface area contributed by atoms with Gasteiger partial charge < -0.3 is 16.2 Å². The molecule has 4 N–H and O–H groups in total. The molecule has 0 radical (unpaired) electrons. The molecule has 1 heterocycles. The average Bonchev–Trinajstić information content (AvgIpc) is 2.57. The lowest BCUT2D eigenvalue weighted by molar-refractivity contribution is 0.194. The van der Waals surface area contributed by atoms with E-state index in [0.717, 1.165) is 36.6 Å². The summed E-state index contributed by atoms with van der Waals surface area (Å²) in [7, 11) is 0. The van der Waals surface area contributed by atoms with Gasteiger partial charge >= 0.3 is 0 Å². The second-order valence-electron chi connectivity index (χ2n) is 3.41. The highest BCUT2D eigenvalue weighted by Crippen LogP contribution is 2.33. The van der Waals surface area contributed by atoms with E-state index in [-0.39, 0.29) is 0 Å². The van der Waals surface area contributed by atoms with Gasteiger partial charge in [-0.2, -0.15) is 0 Å². The van der Waals surface area contributed by atoms with E-state index in [1.165, 1.54) is 0 Å². The van der Waals surface area contributed by atoms with Crippen LogP contribution in [-0.4, -0.2) is 13.2 Å². The van der Waals surface area contributed by atoms with E-state index in [9.17, 15) is 0 Å². The Balaban J connectivity index is 2.37. The molecule has 0 bridgehead atoms. The molecule has 3 nitrogen and oxygen atoms in total. The first-order valence-electron chi connectivity index (χ1n) is 4.50. The van der Waals surface area contributed by atoms with Crippen molar-refractivity contribution in [2.75, 3.05) is 24.7 Å². The maximum Gasteiger partial charge on any atom is 0.0537 e. The number of nitrogen functional groups attached to an aromatic ring is 2. The molecule has 1 fully saturated rings. The van der Waals surface area contributed by atoms with Crippen molar-refractivity contribution >= 4 is 11.4 Å². The highest BCUT2D eigenvalue weighted by Gasteiger charge is 2.21. The normalized spacial score (nSPS) is 22.0. The van der Waals surface area contributed by atoms with Crippen LogP contribution in [-0.2, 0) is 4.74 Å². The lowest BCUT2D eigenvalue weighted by Gasteiger charge is -2.13. The number of hydrogen-bond acceptors (Lipinski definition) is 3. The largest absolute Gasteiger partial charge is 0.398 e. The Bertz CT molecular complexity index is 286. The van der Waals surface area contributed by atoms with Gasteiger partial charge in [0, 0.05) is 29.5 Å². The predicted molar refractivity (Wildman–Crippen MR) is 53.4 cm³/mol. The highest BCUT2D eigenvalue weighted by atomic mass is 16.5. The van der Waals surface area contributed by atoms with Crippen LogP contribution in [0.15, 0.2) is 18.2 Å². The Morgan fingerprint density at radius 1 is 1.23 bits per heavy atom. The highest BCUT2D eigenvalue weighted by molar-refractivity contribution is 5.63. The molecule has 1 saturated heterocycles. The number of ether oxygens (including phenoxy) is 1. The van der Waals surface area contributed by atoms with Crippen molar-refractivity contribution in [2.24, 2.45) is 0 Å². The van der Waals surface area contributed by atoms with Gasteiger partial charge in [-0.25, -0.2) is 0 Å². The summed E-state index contributed by atoms with van der Waals surface area (Å²) < 4.78 is 5.31. The van der Waals surface area contributed by atoms with E-state index < -0.39 is 0 Å². The third kappa shape index (κ3) is 1.47. The summed E-state index contributed by atoms with van der Waals surface area (Å²) in [5, 5.41) is 0. The summed E-state index contributed by atoms with van der Waals surface area (Å²) in [5.41, 5.74) is 14.4. The maximum absolute atomic E-state index is 5.87. The number of hydrogen-bond donors (Lipinski definition) is 2. The van der Waals surface area contributed by atoms with Crippen LogP contribution < -0.4 is 11.5 Å². The minimum Gasteiger partial charge on any atom is -0.398 e. The fourth-order valence-corrected chi connectivity index (χ4v) is 1.84. The van der Waals surface area contributed by atoms with Gasteiger partial charge in [-0.05, 0) is 18.6 Å². The predicted octanol–water partition coefficient (Wildman–Crippen LogP) is 1.35. The van der Waals surface area contributed by atoms with E-state index in [4.69, 9.17) is 16.2 Å². The van der Waals surface area contributed by atoms with E-state index in [2.05, 4.69) is 0 Å². The van der Waals surface area contributed by atoms with Crippen LogP contribution in [0.5, 0.6) is 0 Å². The molecule has 1 aliphatic heterocycles. The molecule has 0 spiro atoms. The fraction of sp³-hybridized carbons (Fsp3) is 0.400. The van der Waals surface area contributed by atoms with Crippen LogP contribution in [0.1, 0.15) is 17.9 Å². The summed E-state index contributed by atoms with van der Waals surface area (Å²) in [4.78, 5) is 0. The molecular weight excluding hydrogens is 164 g/mol. The number of benzene rings is 1. The minimum atomic E-state index is 0.390. The molecule has 1 unspecified atom stereocenters. The first kappa shape index (κ1) is 8.38. The molecule has 3 heteroatoms. The molecule has 0 aliphatic carbocycles. The lowest BCUT2D eigenvalue weighted by Crippen LogP contribution is -2.06. The summed E-state index contributed by atoms with van der Waals surface area (Å²) in [6.07, 6.45) is 1.03. The molecular formula is C10H14N2O. The summed E-state index contributed by atoms with van der Waals surface area (Å²) in [6.45, 7) is 1.57. The van der Waals surface area contributed by atoms with E-state index >= 15 is 0 Å². The second kappa shape index (κ2) is 3.26. The van der Waals surface area contributed by atoms with Gasteiger partial charge in [-0.15, -0.1) is 0 Å².